The minimum absolute atomic E-state index is 0. The van der Waals surface area contributed by atoms with Crippen LogP contribution in [0.4, 0.5) is 4.79 Å². The molecule has 2 amide bonds. The fourth-order valence-corrected chi connectivity index (χ4v) is 0.651. The monoisotopic (exact) mass is 174 g/mol. The van der Waals surface area contributed by atoms with E-state index in [4.69, 9.17) is 0 Å². The fraction of sp³-hybridized carbons (Fsp3) is 0.889. The van der Waals surface area contributed by atoms with Gasteiger partial charge in [-0.1, -0.05) is 13.8 Å². The molecule has 0 aromatic heterocycles. The minimum atomic E-state index is 0. The molecule has 0 aromatic carbocycles. The SMILES string of the molecule is CC(C)CNC(=O)N(C)C(C)C.[HH]. The van der Waals surface area contributed by atoms with Gasteiger partial charge >= 0.3 is 6.03 Å². The van der Waals surface area contributed by atoms with Crippen molar-refractivity contribution in [1.82, 2.24) is 10.2 Å². The van der Waals surface area contributed by atoms with Crippen molar-refractivity contribution >= 4 is 6.03 Å². The highest BCUT2D eigenvalue weighted by Gasteiger charge is 2.10. The number of carbonyl (C=O) groups excluding carboxylic acids is 1. The predicted octanol–water partition coefficient (Wildman–Crippen LogP) is 1.94. The van der Waals surface area contributed by atoms with E-state index in [2.05, 4.69) is 19.2 Å². The van der Waals surface area contributed by atoms with E-state index < -0.39 is 0 Å². The van der Waals surface area contributed by atoms with Crippen LogP contribution in [0, 0.1) is 5.92 Å². The van der Waals surface area contributed by atoms with Crippen LogP contribution < -0.4 is 5.32 Å². The normalized spacial score (nSPS) is 10.6. The minimum Gasteiger partial charge on any atom is -0.338 e. The van der Waals surface area contributed by atoms with Crippen LogP contribution >= 0.6 is 0 Å². The lowest BCUT2D eigenvalue weighted by Gasteiger charge is -2.22. The molecule has 0 rings (SSSR count). The van der Waals surface area contributed by atoms with Crippen molar-refractivity contribution in [3.8, 4) is 0 Å². The van der Waals surface area contributed by atoms with Crippen molar-refractivity contribution in [3.63, 3.8) is 0 Å². The highest BCUT2D eigenvalue weighted by molar-refractivity contribution is 5.74. The summed E-state index contributed by atoms with van der Waals surface area (Å²) in [6, 6.07) is 0.274. The highest BCUT2D eigenvalue weighted by Crippen LogP contribution is 1.94. The molecule has 0 atom stereocenters. The summed E-state index contributed by atoms with van der Waals surface area (Å²) in [4.78, 5) is 13.0. The molecule has 0 aliphatic heterocycles. The lowest BCUT2D eigenvalue weighted by molar-refractivity contribution is 0.196. The quantitative estimate of drug-likeness (QED) is 0.696. The summed E-state index contributed by atoms with van der Waals surface area (Å²) >= 11 is 0. The van der Waals surface area contributed by atoms with E-state index in [-0.39, 0.29) is 13.5 Å². The zero-order valence-electron chi connectivity index (χ0n) is 8.72. The maximum absolute atomic E-state index is 11.3. The number of hydrogen-bond donors (Lipinski definition) is 1. The first kappa shape index (κ1) is 11.3. The van der Waals surface area contributed by atoms with Gasteiger partial charge in [0.05, 0.1) is 0 Å². The van der Waals surface area contributed by atoms with E-state index in [1.54, 1.807) is 11.9 Å². The predicted molar refractivity (Wildman–Crippen MR) is 53.2 cm³/mol. The average molecular weight is 174 g/mol. The third-order valence-corrected chi connectivity index (χ3v) is 1.76. The van der Waals surface area contributed by atoms with E-state index in [1.165, 1.54) is 0 Å². The number of nitrogens with one attached hydrogen (secondary N) is 1. The topological polar surface area (TPSA) is 32.3 Å². The van der Waals surface area contributed by atoms with Gasteiger partial charge < -0.3 is 10.2 Å². The van der Waals surface area contributed by atoms with Crippen molar-refractivity contribution < 1.29 is 6.22 Å². The van der Waals surface area contributed by atoms with Gasteiger partial charge in [0, 0.05) is 21.1 Å². The molecule has 0 saturated heterocycles. The van der Waals surface area contributed by atoms with E-state index in [0.29, 0.717) is 5.92 Å². The summed E-state index contributed by atoms with van der Waals surface area (Å²) in [5.41, 5.74) is 0. The molecule has 3 nitrogen and oxygen atoms in total. The van der Waals surface area contributed by atoms with Gasteiger partial charge in [0.1, 0.15) is 0 Å². The summed E-state index contributed by atoms with van der Waals surface area (Å²) < 4.78 is 0. The molecule has 74 valence electrons. The molecular weight excluding hydrogens is 152 g/mol. The van der Waals surface area contributed by atoms with E-state index in [9.17, 15) is 4.79 Å². The first-order valence-corrected chi connectivity index (χ1v) is 4.45. The first-order chi connectivity index (χ1) is 5.45. The Hall–Kier alpha value is -0.730. The standard InChI is InChI=1S/C9H20N2O.H2/c1-7(2)6-10-9(12)11(5)8(3)4;/h7-8H,6H2,1-5H3,(H,10,12);1H. The van der Waals surface area contributed by atoms with Crippen LogP contribution in [0.15, 0.2) is 0 Å². The third-order valence-electron chi connectivity index (χ3n) is 1.76. The zero-order chi connectivity index (χ0) is 9.72. The van der Waals surface area contributed by atoms with Gasteiger partial charge in [-0.3, -0.25) is 0 Å². The molecule has 0 bridgehead atoms. The number of amides is 2. The Kier molecular flexibility index (Phi) is 4.71. The maximum Gasteiger partial charge on any atom is 0.317 e. The smallest absolute Gasteiger partial charge is 0.317 e. The van der Waals surface area contributed by atoms with Gasteiger partial charge in [-0.2, -0.15) is 0 Å². The molecule has 0 heterocycles. The molecular formula is C9H22N2O. The van der Waals surface area contributed by atoms with Gasteiger partial charge in [-0.25, -0.2) is 4.79 Å². The molecule has 3 heteroatoms. The lowest BCUT2D eigenvalue weighted by atomic mass is 10.2. The van der Waals surface area contributed by atoms with Crippen LogP contribution in [0.25, 0.3) is 0 Å². The summed E-state index contributed by atoms with van der Waals surface area (Å²) in [5, 5.41) is 2.85. The molecule has 0 unspecified atom stereocenters. The molecule has 0 saturated carbocycles. The van der Waals surface area contributed by atoms with Crippen molar-refractivity contribution in [1.29, 1.82) is 0 Å². The van der Waals surface area contributed by atoms with E-state index in [0.717, 1.165) is 6.54 Å². The van der Waals surface area contributed by atoms with Crippen LogP contribution in [0.2, 0.25) is 0 Å². The molecule has 0 fully saturated rings. The second-order valence-electron chi connectivity index (χ2n) is 3.78. The Morgan fingerprint density at radius 3 is 2.25 bits per heavy atom. The van der Waals surface area contributed by atoms with Crippen LogP contribution in [0.3, 0.4) is 0 Å². The Labute approximate surface area is 76.6 Å². The Morgan fingerprint density at radius 2 is 1.92 bits per heavy atom. The molecule has 0 aliphatic rings. The molecule has 1 N–H and O–H groups in total. The lowest BCUT2D eigenvalue weighted by Crippen LogP contribution is -2.42. The van der Waals surface area contributed by atoms with Crippen molar-refractivity contribution in [2.24, 2.45) is 5.92 Å². The Bertz CT molecular complexity index is 149. The van der Waals surface area contributed by atoms with Crippen LogP contribution in [0.5, 0.6) is 0 Å². The molecule has 0 spiro atoms. The molecule has 0 aliphatic carbocycles. The molecule has 12 heavy (non-hydrogen) atoms. The Balaban J connectivity index is 0. The van der Waals surface area contributed by atoms with E-state index >= 15 is 0 Å². The van der Waals surface area contributed by atoms with Gasteiger partial charge in [0.2, 0.25) is 0 Å². The molecule has 0 aromatic rings. The number of urea groups is 1. The summed E-state index contributed by atoms with van der Waals surface area (Å²) in [6.45, 7) is 8.89. The number of hydrogen-bond acceptors (Lipinski definition) is 1. The second-order valence-corrected chi connectivity index (χ2v) is 3.78. The fourth-order valence-electron chi connectivity index (χ4n) is 0.651. The van der Waals surface area contributed by atoms with Gasteiger partial charge in [-0.15, -0.1) is 0 Å². The van der Waals surface area contributed by atoms with Crippen molar-refractivity contribution in [3.05, 3.63) is 0 Å². The number of rotatable bonds is 3. The average Bonchev–Trinajstić information content (AvgIpc) is 1.98. The van der Waals surface area contributed by atoms with Gasteiger partial charge in [0.15, 0.2) is 0 Å². The van der Waals surface area contributed by atoms with Crippen LogP contribution in [-0.2, 0) is 0 Å². The summed E-state index contributed by atoms with van der Waals surface area (Å²) in [6.07, 6.45) is 0. The van der Waals surface area contributed by atoms with Gasteiger partial charge in [-0.05, 0) is 19.8 Å². The first-order valence-electron chi connectivity index (χ1n) is 4.45. The van der Waals surface area contributed by atoms with Crippen LogP contribution in [-0.4, -0.2) is 30.6 Å². The number of nitrogens with zero attached hydrogens (tertiary/aromatic N) is 1. The largest absolute Gasteiger partial charge is 0.338 e. The van der Waals surface area contributed by atoms with E-state index in [1.807, 2.05) is 13.8 Å². The van der Waals surface area contributed by atoms with Crippen molar-refractivity contribution in [2.45, 2.75) is 33.7 Å². The summed E-state index contributed by atoms with van der Waals surface area (Å²) in [7, 11) is 1.81. The third kappa shape index (κ3) is 4.21. The van der Waals surface area contributed by atoms with Gasteiger partial charge in [0.25, 0.3) is 0 Å². The number of carbonyl (C=O) groups is 1. The highest BCUT2D eigenvalue weighted by atomic mass is 16.2. The zero-order valence-corrected chi connectivity index (χ0v) is 8.72. The molecule has 0 radical (unpaired) electrons. The Morgan fingerprint density at radius 1 is 1.42 bits per heavy atom. The summed E-state index contributed by atoms with van der Waals surface area (Å²) in [5.74, 6) is 0.509. The van der Waals surface area contributed by atoms with Crippen LogP contribution in [0.1, 0.15) is 29.1 Å². The second kappa shape index (κ2) is 5.01. The maximum atomic E-state index is 11.3. The van der Waals surface area contributed by atoms with Crippen molar-refractivity contribution in [2.75, 3.05) is 13.6 Å².